The summed E-state index contributed by atoms with van der Waals surface area (Å²) in [6.45, 7) is 0. The minimum Gasteiger partial charge on any atom is -0.497 e. The van der Waals surface area contributed by atoms with Crippen molar-refractivity contribution in [2.75, 3.05) is 7.11 Å². The van der Waals surface area contributed by atoms with Crippen LogP contribution in [0.5, 0.6) is 5.75 Å². The van der Waals surface area contributed by atoms with Gasteiger partial charge in [-0.25, -0.2) is 0 Å². The van der Waals surface area contributed by atoms with Crippen LogP contribution >= 0.6 is 0 Å². The predicted molar refractivity (Wildman–Crippen MR) is 68.2 cm³/mol. The molecule has 0 saturated heterocycles. The summed E-state index contributed by atoms with van der Waals surface area (Å²) in [6, 6.07) is 5.76. The van der Waals surface area contributed by atoms with Gasteiger partial charge in [-0.05, 0) is 43.0 Å². The number of aromatic amines is 1. The Kier molecular flexibility index (Phi) is 2.51. The third-order valence-electron chi connectivity index (χ3n) is 3.69. The highest BCUT2D eigenvalue weighted by Crippen LogP contribution is 2.38. The van der Waals surface area contributed by atoms with Crippen LogP contribution in [0.4, 0.5) is 0 Å². The first-order chi connectivity index (χ1) is 8.70. The zero-order valence-corrected chi connectivity index (χ0v) is 10.2. The van der Waals surface area contributed by atoms with Crippen molar-refractivity contribution in [1.82, 2.24) is 4.98 Å². The second kappa shape index (κ2) is 4.05. The molecular weight excluding hydrogens is 230 g/mol. The maximum atomic E-state index is 11.4. The molecule has 94 valence electrons. The first kappa shape index (κ1) is 11.1. The number of hydrogen-bond acceptors (Lipinski definition) is 2. The van der Waals surface area contributed by atoms with Crippen LogP contribution in [0.15, 0.2) is 18.2 Å². The quantitative estimate of drug-likeness (QED) is 0.855. The first-order valence-electron chi connectivity index (χ1n) is 6.12. The number of nitrogens with one attached hydrogen (secondary N) is 1. The zero-order valence-electron chi connectivity index (χ0n) is 10.2. The van der Waals surface area contributed by atoms with Gasteiger partial charge in [0.05, 0.1) is 13.0 Å². The molecule has 2 aromatic rings. The fourth-order valence-electron chi connectivity index (χ4n) is 2.84. The van der Waals surface area contributed by atoms with Crippen LogP contribution in [-0.4, -0.2) is 23.2 Å². The highest BCUT2D eigenvalue weighted by Gasteiger charge is 2.29. The molecule has 1 aromatic carbocycles. The molecule has 0 spiro atoms. The average Bonchev–Trinajstić information content (AvgIpc) is 2.75. The molecule has 1 unspecified atom stereocenters. The molecule has 3 rings (SSSR count). The molecule has 1 aliphatic carbocycles. The van der Waals surface area contributed by atoms with E-state index < -0.39 is 11.9 Å². The molecule has 1 aliphatic rings. The Morgan fingerprint density at radius 3 is 3.06 bits per heavy atom. The Bertz CT molecular complexity index is 615. The van der Waals surface area contributed by atoms with Crippen LogP contribution in [0, 0.1) is 0 Å². The molecule has 2 N–H and O–H groups in total. The molecule has 0 amide bonds. The van der Waals surface area contributed by atoms with Gasteiger partial charge >= 0.3 is 5.97 Å². The second-order valence-corrected chi connectivity index (χ2v) is 4.71. The van der Waals surface area contributed by atoms with E-state index in [-0.39, 0.29) is 0 Å². The van der Waals surface area contributed by atoms with Crippen LogP contribution in [0.3, 0.4) is 0 Å². The van der Waals surface area contributed by atoms with E-state index in [1.807, 2.05) is 18.2 Å². The normalized spacial score (nSPS) is 18.6. The van der Waals surface area contributed by atoms with Gasteiger partial charge in [0.15, 0.2) is 0 Å². The van der Waals surface area contributed by atoms with E-state index in [2.05, 4.69) is 4.98 Å². The van der Waals surface area contributed by atoms with E-state index in [1.54, 1.807) is 7.11 Å². The smallest absolute Gasteiger partial charge is 0.311 e. The molecule has 18 heavy (non-hydrogen) atoms. The lowest BCUT2D eigenvalue weighted by Crippen LogP contribution is -2.17. The second-order valence-electron chi connectivity index (χ2n) is 4.71. The van der Waals surface area contributed by atoms with E-state index in [0.29, 0.717) is 6.42 Å². The van der Waals surface area contributed by atoms with Gasteiger partial charge in [-0.15, -0.1) is 0 Å². The van der Waals surface area contributed by atoms with Crippen molar-refractivity contribution >= 4 is 16.9 Å². The van der Waals surface area contributed by atoms with Crippen molar-refractivity contribution in [3.63, 3.8) is 0 Å². The number of H-pyrrole nitrogens is 1. The van der Waals surface area contributed by atoms with Gasteiger partial charge in [-0.1, -0.05) is 0 Å². The lowest BCUT2D eigenvalue weighted by Gasteiger charge is -2.19. The summed E-state index contributed by atoms with van der Waals surface area (Å²) >= 11 is 0. The molecule has 0 fully saturated rings. The highest BCUT2D eigenvalue weighted by molar-refractivity contribution is 5.92. The number of methoxy groups -OCH3 is 1. The lowest BCUT2D eigenvalue weighted by molar-refractivity contribution is -0.139. The van der Waals surface area contributed by atoms with Gasteiger partial charge in [0.25, 0.3) is 0 Å². The summed E-state index contributed by atoms with van der Waals surface area (Å²) in [6.07, 6.45) is 2.57. The number of hydrogen-bond donors (Lipinski definition) is 2. The van der Waals surface area contributed by atoms with Crippen molar-refractivity contribution in [3.8, 4) is 5.75 Å². The highest BCUT2D eigenvalue weighted by atomic mass is 16.5. The summed E-state index contributed by atoms with van der Waals surface area (Å²) < 4.78 is 5.22. The van der Waals surface area contributed by atoms with Crippen molar-refractivity contribution in [3.05, 3.63) is 29.5 Å². The van der Waals surface area contributed by atoms with E-state index >= 15 is 0 Å². The van der Waals surface area contributed by atoms with E-state index in [9.17, 15) is 9.90 Å². The van der Waals surface area contributed by atoms with Crippen LogP contribution in [-0.2, 0) is 11.2 Å². The van der Waals surface area contributed by atoms with Gasteiger partial charge in [0.1, 0.15) is 5.75 Å². The number of carbonyl (C=O) groups is 1. The van der Waals surface area contributed by atoms with Gasteiger partial charge in [-0.3, -0.25) is 4.79 Å². The maximum absolute atomic E-state index is 11.4. The van der Waals surface area contributed by atoms with Gasteiger partial charge in [0, 0.05) is 16.6 Å². The Morgan fingerprint density at radius 2 is 2.33 bits per heavy atom. The van der Waals surface area contributed by atoms with E-state index in [0.717, 1.165) is 40.8 Å². The molecule has 0 radical (unpaired) electrons. The van der Waals surface area contributed by atoms with Gasteiger partial charge in [0.2, 0.25) is 0 Å². The molecule has 0 bridgehead atoms. The summed E-state index contributed by atoms with van der Waals surface area (Å²) in [7, 11) is 1.62. The fourth-order valence-corrected chi connectivity index (χ4v) is 2.84. The van der Waals surface area contributed by atoms with Crippen molar-refractivity contribution < 1.29 is 14.6 Å². The number of rotatable bonds is 2. The third kappa shape index (κ3) is 1.56. The first-order valence-corrected chi connectivity index (χ1v) is 6.12. The standard InChI is InChI=1S/C14H15NO3/c1-18-8-5-6-11-10(7-8)13-9(14(16)17)3-2-4-12(13)15-11/h5-7,9,15H,2-4H2,1H3,(H,16,17). The summed E-state index contributed by atoms with van der Waals surface area (Å²) in [5.41, 5.74) is 3.01. The molecule has 1 heterocycles. The molecule has 1 aromatic heterocycles. The number of aromatic nitrogens is 1. The van der Waals surface area contributed by atoms with E-state index in [1.165, 1.54) is 0 Å². The third-order valence-corrected chi connectivity index (χ3v) is 3.69. The average molecular weight is 245 g/mol. The van der Waals surface area contributed by atoms with Crippen LogP contribution in [0.1, 0.15) is 30.0 Å². The van der Waals surface area contributed by atoms with Gasteiger partial charge < -0.3 is 14.8 Å². The largest absolute Gasteiger partial charge is 0.497 e. The Morgan fingerprint density at radius 1 is 1.50 bits per heavy atom. The molecule has 1 atom stereocenters. The zero-order chi connectivity index (χ0) is 12.7. The molecule has 4 heteroatoms. The molecule has 4 nitrogen and oxygen atoms in total. The number of carboxylic acids is 1. The SMILES string of the molecule is COc1ccc2[nH]c3c(c2c1)C(C(=O)O)CCC3. The molecule has 0 aliphatic heterocycles. The number of fused-ring (bicyclic) bond motifs is 3. The van der Waals surface area contributed by atoms with Crippen molar-refractivity contribution in [2.24, 2.45) is 0 Å². The predicted octanol–water partition coefficient (Wildman–Crippen LogP) is 2.68. The molecule has 0 saturated carbocycles. The monoisotopic (exact) mass is 245 g/mol. The van der Waals surface area contributed by atoms with Gasteiger partial charge in [-0.2, -0.15) is 0 Å². The Hall–Kier alpha value is -1.97. The lowest BCUT2D eigenvalue weighted by atomic mass is 9.85. The van der Waals surface area contributed by atoms with Crippen LogP contribution in [0.2, 0.25) is 0 Å². The van der Waals surface area contributed by atoms with Crippen LogP contribution < -0.4 is 4.74 Å². The number of benzene rings is 1. The summed E-state index contributed by atoms with van der Waals surface area (Å²) in [5.74, 6) is -0.367. The topological polar surface area (TPSA) is 62.3 Å². The Balaban J connectivity index is 2.25. The molecular formula is C14H15NO3. The maximum Gasteiger partial charge on any atom is 0.311 e. The van der Waals surface area contributed by atoms with E-state index in [4.69, 9.17) is 4.74 Å². The number of aliphatic carboxylic acids is 1. The Labute approximate surface area is 105 Å². The number of aryl methyl sites for hydroxylation is 1. The minimum absolute atomic E-state index is 0.394. The van der Waals surface area contributed by atoms with Crippen molar-refractivity contribution in [2.45, 2.75) is 25.2 Å². The number of ether oxygens (including phenoxy) is 1. The number of carboxylic acid groups (broad SMARTS) is 1. The minimum atomic E-state index is -0.736. The summed E-state index contributed by atoms with van der Waals surface area (Å²) in [4.78, 5) is 14.7. The van der Waals surface area contributed by atoms with Crippen LogP contribution in [0.25, 0.3) is 10.9 Å². The van der Waals surface area contributed by atoms with Crippen molar-refractivity contribution in [1.29, 1.82) is 0 Å². The summed E-state index contributed by atoms with van der Waals surface area (Å²) in [5, 5.41) is 10.3. The fraction of sp³-hybridized carbons (Fsp3) is 0.357.